The van der Waals surface area contributed by atoms with E-state index in [1.54, 1.807) is 17.6 Å². The molecule has 5 rings (SSSR count). The highest BCUT2D eigenvalue weighted by Gasteiger charge is 2.32. The number of thiazole rings is 1. The van der Waals surface area contributed by atoms with E-state index in [0.717, 1.165) is 15.6 Å². The van der Waals surface area contributed by atoms with Crippen molar-refractivity contribution in [1.82, 2.24) is 4.57 Å². The summed E-state index contributed by atoms with van der Waals surface area (Å²) in [6.07, 6.45) is 1.72. The number of carbonyl (C=O) groups excluding carboxylic acids is 1. The summed E-state index contributed by atoms with van der Waals surface area (Å²) in [5.41, 5.74) is 1.46. The van der Waals surface area contributed by atoms with Gasteiger partial charge in [-0.1, -0.05) is 71.6 Å². The Kier molecular flexibility index (Phi) is 6.08. The summed E-state index contributed by atoms with van der Waals surface area (Å²) in [4.78, 5) is 32.3. The van der Waals surface area contributed by atoms with Crippen LogP contribution in [0.2, 0.25) is 0 Å². The number of nitrogens with zero attached hydrogens (tertiary/aromatic N) is 2. The molecule has 34 heavy (non-hydrogen) atoms. The lowest BCUT2D eigenvalue weighted by molar-refractivity contribution is -0.136. The van der Waals surface area contributed by atoms with Crippen molar-refractivity contribution in [3.05, 3.63) is 115 Å². The number of methoxy groups -OCH3 is 1. The Morgan fingerprint density at radius 3 is 2.50 bits per heavy atom. The SMILES string of the molecule is COC(=O)C1=C(C)N=c2sc(=Cc3ccc(Sc4ccccc4)o3)c(=O)n2C1c1ccccc1. The fourth-order valence-electron chi connectivity index (χ4n) is 3.84. The van der Waals surface area contributed by atoms with Gasteiger partial charge in [-0.25, -0.2) is 9.79 Å². The topological polar surface area (TPSA) is 73.8 Å². The number of hydrogen-bond acceptors (Lipinski definition) is 7. The summed E-state index contributed by atoms with van der Waals surface area (Å²) in [6, 6.07) is 22.5. The van der Waals surface area contributed by atoms with Crippen LogP contribution in [0.1, 0.15) is 24.3 Å². The van der Waals surface area contributed by atoms with Gasteiger partial charge in [-0.3, -0.25) is 9.36 Å². The summed E-state index contributed by atoms with van der Waals surface area (Å²) >= 11 is 2.78. The van der Waals surface area contributed by atoms with Crippen LogP contribution < -0.4 is 14.9 Å². The summed E-state index contributed by atoms with van der Waals surface area (Å²) in [5, 5.41) is 0.733. The first kappa shape index (κ1) is 22.2. The number of furan rings is 1. The first-order valence-electron chi connectivity index (χ1n) is 10.5. The van der Waals surface area contributed by atoms with Crippen LogP contribution in [0.25, 0.3) is 6.08 Å². The minimum absolute atomic E-state index is 0.236. The maximum Gasteiger partial charge on any atom is 0.338 e. The van der Waals surface area contributed by atoms with Crippen LogP contribution in [0.3, 0.4) is 0 Å². The molecule has 1 aliphatic heterocycles. The van der Waals surface area contributed by atoms with Crippen LogP contribution >= 0.6 is 23.1 Å². The van der Waals surface area contributed by atoms with E-state index in [2.05, 4.69) is 4.99 Å². The number of carbonyl (C=O) groups is 1. The van der Waals surface area contributed by atoms with Gasteiger partial charge in [-0.05, 0) is 36.8 Å². The minimum Gasteiger partial charge on any atom is -0.466 e. The zero-order chi connectivity index (χ0) is 23.7. The number of esters is 1. The first-order chi connectivity index (χ1) is 16.5. The van der Waals surface area contributed by atoms with Gasteiger partial charge in [0.25, 0.3) is 5.56 Å². The van der Waals surface area contributed by atoms with Crippen molar-refractivity contribution in [3.63, 3.8) is 0 Å². The third-order valence-corrected chi connectivity index (χ3v) is 7.29. The molecule has 0 spiro atoms. The number of fused-ring (bicyclic) bond motifs is 1. The molecule has 0 amide bonds. The van der Waals surface area contributed by atoms with Crippen LogP contribution in [-0.4, -0.2) is 17.6 Å². The smallest absolute Gasteiger partial charge is 0.338 e. The molecule has 0 bridgehead atoms. The van der Waals surface area contributed by atoms with Gasteiger partial charge in [-0.2, -0.15) is 0 Å². The maximum atomic E-state index is 13.5. The number of benzene rings is 2. The van der Waals surface area contributed by atoms with E-state index in [1.807, 2.05) is 72.8 Å². The van der Waals surface area contributed by atoms with Gasteiger partial charge >= 0.3 is 5.97 Å². The van der Waals surface area contributed by atoms with Crippen LogP contribution in [0, 0.1) is 0 Å². The van der Waals surface area contributed by atoms with Crippen LogP contribution in [0.15, 0.2) is 108 Å². The molecule has 170 valence electrons. The van der Waals surface area contributed by atoms with Crippen LogP contribution in [0.5, 0.6) is 0 Å². The number of ether oxygens (including phenoxy) is 1. The molecule has 2 aromatic carbocycles. The summed E-state index contributed by atoms with van der Waals surface area (Å²) < 4.78 is 13.0. The lowest BCUT2D eigenvalue weighted by Crippen LogP contribution is -2.39. The second kappa shape index (κ2) is 9.32. The standard InChI is InChI=1S/C26H20N2O4S2/c1-16-22(25(30)31-2)23(17-9-5-3-6-10-17)28-24(29)20(34-26(28)27-16)15-18-13-14-21(32-18)33-19-11-7-4-8-12-19/h3-15,23H,1-2H3. The molecule has 0 radical (unpaired) electrons. The number of aromatic nitrogens is 1. The van der Waals surface area contributed by atoms with Gasteiger partial charge in [0.1, 0.15) is 5.76 Å². The van der Waals surface area contributed by atoms with Gasteiger partial charge < -0.3 is 9.15 Å². The zero-order valence-corrected chi connectivity index (χ0v) is 20.1. The largest absolute Gasteiger partial charge is 0.466 e. The number of hydrogen-bond donors (Lipinski definition) is 0. The van der Waals surface area contributed by atoms with Gasteiger partial charge in [0.05, 0.1) is 29.0 Å². The quantitative estimate of drug-likeness (QED) is 0.395. The molecule has 0 aliphatic carbocycles. The third-order valence-electron chi connectivity index (χ3n) is 5.38. The van der Waals surface area contributed by atoms with Crippen molar-refractivity contribution in [3.8, 4) is 0 Å². The Labute approximate surface area is 203 Å². The summed E-state index contributed by atoms with van der Waals surface area (Å²) in [6.45, 7) is 1.76. The first-order valence-corrected chi connectivity index (χ1v) is 12.2. The molecular formula is C26H20N2O4S2. The van der Waals surface area contributed by atoms with Gasteiger partial charge in [0, 0.05) is 11.0 Å². The molecule has 0 N–H and O–H groups in total. The highest BCUT2D eigenvalue weighted by molar-refractivity contribution is 7.99. The molecule has 0 fully saturated rings. The minimum atomic E-state index is -0.618. The molecule has 3 heterocycles. The van der Waals surface area contributed by atoms with Gasteiger partial charge in [-0.15, -0.1) is 0 Å². The zero-order valence-electron chi connectivity index (χ0n) is 18.4. The maximum absolute atomic E-state index is 13.5. The molecule has 1 aliphatic rings. The van der Waals surface area contributed by atoms with Crippen molar-refractivity contribution in [1.29, 1.82) is 0 Å². The van der Waals surface area contributed by atoms with Crippen molar-refractivity contribution < 1.29 is 13.9 Å². The number of rotatable bonds is 5. The molecule has 8 heteroatoms. The molecule has 0 saturated heterocycles. The Bertz CT molecular complexity index is 1560. The molecule has 2 aromatic heterocycles. The van der Waals surface area contributed by atoms with E-state index in [9.17, 15) is 9.59 Å². The lowest BCUT2D eigenvalue weighted by Gasteiger charge is -2.24. The predicted molar refractivity (Wildman–Crippen MR) is 131 cm³/mol. The fourth-order valence-corrected chi connectivity index (χ4v) is 5.67. The van der Waals surface area contributed by atoms with Crippen LogP contribution in [-0.2, 0) is 9.53 Å². The predicted octanol–water partition coefficient (Wildman–Crippen LogP) is 4.15. The molecule has 4 aromatic rings. The van der Waals surface area contributed by atoms with E-state index in [0.29, 0.717) is 26.4 Å². The van der Waals surface area contributed by atoms with E-state index in [1.165, 1.54) is 30.2 Å². The Balaban J connectivity index is 1.59. The van der Waals surface area contributed by atoms with Crippen molar-refractivity contribution in [2.75, 3.05) is 7.11 Å². The van der Waals surface area contributed by atoms with E-state index in [4.69, 9.17) is 9.15 Å². The van der Waals surface area contributed by atoms with Crippen molar-refractivity contribution in [2.45, 2.75) is 23.0 Å². The van der Waals surface area contributed by atoms with Gasteiger partial charge in [0.2, 0.25) is 0 Å². The van der Waals surface area contributed by atoms with Crippen molar-refractivity contribution in [2.24, 2.45) is 4.99 Å². The molecule has 1 atom stereocenters. The van der Waals surface area contributed by atoms with Crippen molar-refractivity contribution >= 4 is 35.1 Å². The molecule has 1 unspecified atom stereocenters. The second-order valence-electron chi connectivity index (χ2n) is 7.56. The average molecular weight is 489 g/mol. The average Bonchev–Trinajstić information content (AvgIpc) is 3.42. The van der Waals surface area contributed by atoms with Crippen LogP contribution in [0.4, 0.5) is 0 Å². The lowest BCUT2D eigenvalue weighted by atomic mass is 9.96. The Morgan fingerprint density at radius 2 is 1.79 bits per heavy atom. The van der Waals surface area contributed by atoms with Gasteiger partial charge in [0.15, 0.2) is 9.89 Å². The fraction of sp³-hybridized carbons (Fsp3) is 0.115. The van der Waals surface area contributed by atoms with E-state index < -0.39 is 12.0 Å². The molecular weight excluding hydrogens is 468 g/mol. The second-order valence-corrected chi connectivity index (χ2v) is 9.64. The Morgan fingerprint density at radius 1 is 1.09 bits per heavy atom. The highest BCUT2D eigenvalue weighted by Crippen LogP contribution is 2.31. The summed E-state index contributed by atoms with van der Waals surface area (Å²) in [5.74, 6) is 0.0712. The Hall–Kier alpha value is -3.62. The third kappa shape index (κ3) is 4.18. The van der Waals surface area contributed by atoms with E-state index in [-0.39, 0.29) is 5.56 Å². The molecule has 6 nitrogen and oxygen atoms in total. The summed E-state index contributed by atoms with van der Waals surface area (Å²) in [7, 11) is 1.33. The number of allylic oxidation sites excluding steroid dienone is 1. The normalized spacial score (nSPS) is 15.7. The van der Waals surface area contributed by atoms with E-state index >= 15 is 0 Å². The highest BCUT2D eigenvalue weighted by atomic mass is 32.2. The monoisotopic (exact) mass is 488 g/mol. The molecule has 0 saturated carbocycles.